The van der Waals surface area contributed by atoms with Crippen LogP contribution in [0, 0.1) is 0 Å². The maximum Gasteiger partial charge on any atom is 0.199 e. The van der Waals surface area contributed by atoms with E-state index in [4.69, 9.17) is 0 Å². The first kappa shape index (κ1) is 15.1. The van der Waals surface area contributed by atoms with Crippen LogP contribution < -0.4 is 4.90 Å². The Hall–Kier alpha value is -1.000. The van der Waals surface area contributed by atoms with E-state index in [9.17, 15) is 4.79 Å². The summed E-state index contributed by atoms with van der Waals surface area (Å²) in [4.78, 5) is 15.1. The number of likely N-dealkylation sites (N-methyl/N-ethyl adjacent to an activating group) is 1. The highest BCUT2D eigenvalue weighted by Crippen LogP contribution is 2.11. The van der Waals surface area contributed by atoms with Crippen LogP contribution in [0.5, 0.6) is 0 Å². The fraction of sp³-hybridized carbons (Fsp3) is 0.500. The van der Waals surface area contributed by atoms with Crippen molar-refractivity contribution in [3.8, 4) is 0 Å². The summed E-state index contributed by atoms with van der Waals surface area (Å²) in [7, 11) is 4.06. The number of para-hydroxylation sites is 1. The Bertz CT molecular complexity index is 356. The highest BCUT2D eigenvalue weighted by atomic mass is 32.1. The average molecular weight is 266 g/mol. The number of nitrogens with zero attached hydrogens (tertiary/aromatic N) is 2. The number of carbonyl (C=O) groups excluding carboxylic acids is 1. The molecule has 1 aromatic carbocycles. The van der Waals surface area contributed by atoms with Crippen molar-refractivity contribution in [1.29, 1.82) is 0 Å². The molecule has 0 heterocycles. The van der Waals surface area contributed by atoms with E-state index in [1.807, 2.05) is 18.0 Å². The summed E-state index contributed by atoms with van der Waals surface area (Å²) in [6.07, 6.45) is 2.21. The molecule has 1 rings (SSSR count). The fourth-order valence-electron chi connectivity index (χ4n) is 1.85. The zero-order valence-corrected chi connectivity index (χ0v) is 12.1. The van der Waals surface area contributed by atoms with E-state index < -0.39 is 0 Å². The number of hydrogen-bond donors (Lipinski definition) is 1. The number of carbonyl (C=O) groups is 1. The second-order valence-corrected chi connectivity index (χ2v) is 5.09. The molecule has 0 fully saturated rings. The van der Waals surface area contributed by atoms with E-state index in [0.717, 1.165) is 25.9 Å². The minimum Gasteiger partial charge on any atom is -0.375 e. The molecular weight excluding hydrogens is 244 g/mol. The fourth-order valence-corrected chi connectivity index (χ4v) is 2.09. The Morgan fingerprint density at radius 2 is 1.72 bits per heavy atom. The third kappa shape index (κ3) is 6.07. The summed E-state index contributed by atoms with van der Waals surface area (Å²) < 4.78 is 0. The molecule has 0 aliphatic carbocycles. The lowest BCUT2D eigenvalue weighted by Gasteiger charge is -2.20. The molecule has 0 aromatic heterocycles. The number of benzene rings is 1. The van der Waals surface area contributed by atoms with Crippen LogP contribution in [0.15, 0.2) is 30.3 Å². The SMILES string of the molecule is CN(CCCCN(C)c1ccccc1)CC(=O)S. The van der Waals surface area contributed by atoms with Gasteiger partial charge in [0.2, 0.25) is 0 Å². The Morgan fingerprint density at radius 3 is 2.33 bits per heavy atom. The Labute approximate surface area is 115 Å². The molecule has 0 amide bonds. The van der Waals surface area contributed by atoms with Crippen LogP contribution in [0.25, 0.3) is 0 Å². The lowest BCUT2D eigenvalue weighted by molar-refractivity contribution is -0.111. The van der Waals surface area contributed by atoms with Gasteiger partial charge in [0.25, 0.3) is 0 Å². The number of rotatable bonds is 8. The standard InChI is InChI=1S/C14H22N2OS/c1-15(12-14(17)18)10-6-7-11-16(2)13-8-4-3-5-9-13/h3-5,8-9H,6-7,10-12H2,1-2H3,(H,17,18). The van der Waals surface area contributed by atoms with Crippen molar-refractivity contribution in [3.05, 3.63) is 30.3 Å². The van der Waals surface area contributed by atoms with E-state index in [1.165, 1.54) is 5.69 Å². The zero-order chi connectivity index (χ0) is 13.4. The average Bonchev–Trinajstić information content (AvgIpc) is 2.34. The smallest absolute Gasteiger partial charge is 0.199 e. The number of hydrogen-bond acceptors (Lipinski definition) is 3. The van der Waals surface area contributed by atoms with Gasteiger partial charge in [0.1, 0.15) is 0 Å². The van der Waals surface area contributed by atoms with Crippen molar-refractivity contribution in [3.63, 3.8) is 0 Å². The molecule has 18 heavy (non-hydrogen) atoms. The van der Waals surface area contributed by atoms with E-state index >= 15 is 0 Å². The van der Waals surface area contributed by atoms with Gasteiger partial charge in [0.05, 0.1) is 6.54 Å². The molecule has 0 N–H and O–H groups in total. The van der Waals surface area contributed by atoms with Gasteiger partial charge in [0.15, 0.2) is 5.12 Å². The van der Waals surface area contributed by atoms with Gasteiger partial charge in [-0.3, -0.25) is 9.69 Å². The Balaban J connectivity index is 2.16. The quantitative estimate of drug-likeness (QED) is 0.577. The van der Waals surface area contributed by atoms with E-state index in [1.54, 1.807) is 0 Å². The molecule has 0 spiro atoms. The Kier molecular flexibility index (Phi) is 6.83. The highest BCUT2D eigenvalue weighted by molar-refractivity contribution is 7.96. The molecule has 0 atom stereocenters. The minimum atomic E-state index is -0.0705. The topological polar surface area (TPSA) is 23.6 Å². The molecule has 0 unspecified atom stereocenters. The van der Waals surface area contributed by atoms with Crippen LogP contribution in [0.2, 0.25) is 0 Å². The van der Waals surface area contributed by atoms with Gasteiger partial charge in [-0.15, -0.1) is 12.6 Å². The molecule has 0 saturated heterocycles. The monoisotopic (exact) mass is 266 g/mol. The highest BCUT2D eigenvalue weighted by Gasteiger charge is 2.03. The van der Waals surface area contributed by atoms with Crippen LogP contribution in [-0.4, -0.2) is 43.7 Å². The molecule has 0 saturated carbocycles. The van der Waals surface area contributed by atoms with Crippen LogP contribution in [0.4, 0.5) is 5.69 Å². The maximum absolute atomic E-state index is 10.8. The van der Waals surface area contributed by atoms with Crippen LogP contribution >= 0.6 is 12.6 Å². The summed E-state index contributed by atoms with van der Waals surface area (Å²) in [6, 6.07) is 10.4. The molecule has 3 nitrogen and oxygen atoms in total. The van der Waals surface area contributed by atoms with Crippen molar-refractivity contribution in [2.75, 3.05) is 38.6 Å². The van der Waals surface area contributed by atoms with E-state index in [2.05, 4.69) is 48.8 Å². The molecule has 4 heteroatoms. The van der Waals surface area contributed by atoms with Crippen molar-refractivity contribution < 1.29 is 4.79 Å². The number of anilines is 1. The predicted octanol–water partition coefficient (Wildman–Crippen LogP) is 2.29. The summed E-state index contributed by atoms with van der Waals surface area (Å²) in [5.41, 5.74) is 1.25. The van der Waals surface area contributed by atoms with Gasteiger partial charge in [-0.1, -0.05) is 18.2 Å². The summed E-state index contributed by atoms with van der Waals surface area (Å²) in [6.45, 7) is 2.40. The zero-order valence-electron chi connectivity index (χ0n) is 11.2. The molecule has 0 radical (unpaired) electrons. The van der Waals surface area contributed by atoms with Crippen molar-refractivity contribution >= 4 is 23.4 Å². The van der Waals surface area contributed by atoms with Crippen molar-refractivity contribution in [1.82, 2.24) is 4.90 Å². The predicted molar refractivity (Wildman–Crippen MR) is 80.4 cm³/mol. The van der Waals surface area contributed by atoms with Crippen LogP contribution in [0.3, 0.4) is 0 Å². The van der Waals surface area contributed by atoms with Crippen LogP contribution in [-0.2, 0) is 4.79 Å². The maximum atomic E-state index is 10.8. The van der Waals surface area contributed by atoms with Gasteiger partial charge in [-0.05, 0) is 38.6 Å². The van der Waals surface area contributed by atoms with Crippen molar-refractivity contribution in [2.24, 2.45) is 0 Å². The normalized spacial score (nSPS) is 10.7. The van der Waals surface area contributed by atoms with Gasteiger partial charge in [-0.2, -0.15) is 0 Å². The van der Waals surface area contributed by atoms with Crippen molar-refractivity contribution in [2.45, 2.75) is 12.8 Å². The molecule has 1 aromatic rings. The third-order valence-corrected chi connectivity index (χ3v) is 3.03. The first-order valence-electron chi connectivity index (χ1n) is 6.26. The van der Waals surface area contributed by atoms with Gasteiger partial charge in [-0.25, -0.2) is 0 Å². The first-order valence-corrected chi connectivity index (χ1v) is 6.71. The largest absolute Gasteiger partial charge is 0.375 e. The number of thiol groups is 1. The third-order valence-electron chi connectivity index (χ3n) is 2.89. The second-order valence-electron chi connectivity index (χ2n) is 4.60. The molecule has 0 aliphatic rings. The van der Waals surface area contributed by atoms with Gasteiger partial charge >= 0.3 is 0 Å². The van der Waals surface area contributed by atoms with E-state index in [0.29, 0.717) is 6.54 Å². The molecule has 0 bridgehead atoms. The van der Waals surface area contributed by atoms with Gasteiger partial charge in [0, 0.05) is 19.3 Å². The summed E-state index contributed by atoms with van der Waals surface area (Å²) in [5.74, 6) is 0. The first-order chi connectivity index (χ1) is 8.59. The minimum absolute atomic E-state index is 0.0705. The molecule has 100 valence electrons. The molecule has 0 aliphatic heterocycles. The van der Waals surface area contributed by atoms with Crippen LogP contribution in [0.1, 0.15) is 12.8 Å². The summed E-state index contributed by atoms with van der Waals surface area (Å²) >= 11 is 3.77. The van der Waals surface area contributed by atoms with Gasteiger partial charge < -0.3 is 4.90 Å². The lowest BCUT2D eigenvalue weighted by atomic mass is 10.2. The second kappa shape index (κ2) is 8.16. The Morgan fingerprint density at radius 1 is 1.11 bits per heavy atom. The number of unbranched alkanes of at least 4 members (excludes halogenated alkanes) is 1. The molecular formula is C14H22N2OS. The van der Waals surface area contributed by atoms with E-state index in [-0.39, 0.29) is 5.12 Å². The lowest BCUT2D eigenvalue weighted by Crippen LogP contribution is -2.25. The summed E-state index contributed by atoms with van der Waals surface area (Å²) in [5, 5.41) is -0.0705.